The van der Waals surface area contributed by atoms with Gasteiger partial charge in [-0.1, -0.05) is 31.2 Å². The average Bonchev–Trinajstić information content (AvgIpc) is 2.52. The number of ether oxygens (including phenoxy) is 1. The van der Waals surface area contributed by atoms with Crippen molar-refractivity contribution < 1.29 is 13.9 Å². The maximum atomic E-state index is 13.7. The van der Waals surface area contributed by atoms with Crippen LogP contribution in [0.5, 0.6) is 5.75 Å². The van der Waals surface area contributed by atoms with Gasteiger partial charge in [0.05, 0.1) is 18.7 Å². The lowest BCUT2D eigenvalue weighted by molar-refractivity contribution is 0.0931. The van der Waals surface area contributed by atoms with E-state index in [-0.39, 0.29) is 11.6 Å². The zero-order valence-electron chi connectivity index (χ0n) is 13.0. The first-order chi connectivity index (χ1) is 10.6. The molecule has 1 amide bonds. The van der Waals surface area contributed by atoms with Crippen molar-refractivity contribution >= 4 is 5.91 Å². The van der Waals surface area contributed by atoms with Gasteiger partial charge in [0, 0.05) is 0 Å². The molecule has 2 aromatic rings. The predicted octanol–water partition coefficient (Wildman–Crippen LogP) is 4.02. The van der Waals surface area contributed by atoms with E-state index < -0.39 is 11.7 Å². The van der Waals surface area contributed by atoms with Crippen LogP contribution in [0.3, 0.4) is 0 Å². The summed E-state index contributed by atoms with van der Waals surface area (Å²) < 4.78 is 18.9. The molecule has 2 aromatic carbocycles. The van der Waals surface area contributed by atoms with Crippen LogP contribution in [0.4, 0.5) is 4.39 Å². The highest BCUT2D eigenvalue weighted by molar-refractivity contribution is 5.94. The molecule has 0 spiro atoms. The van der Waals surface area contributed by atoms with Crippen LogP contribution in [0, 0.1) is 12.7 Å². The van der Waals surface area contributed by atoms with E-state index in [1.165, 1.54) is 12.1 Å². The van der Waals surface area contributed by atoms with Gasteiger partial charge >= 0.3 is 0 Å². The topological polar surface area (TPSA) is 38.3 Å². The molecular weight excluding hydrogens is 281 g/mol. The fourth-order valence-electron chi connectivity index (χ4n) is 2.42. The summed E-state index contributed by atoms with van der Waals surface area (Å²) in [7, 11) is 1.62. The number of carbonyl (C=O) groups excluding carboxylic acids is 1. The van der Waals surface area contributed by atoms with Crippen molar-refractivity contribution in [1.82, 2.24) is 5.32 Å². The minimum absolute atomic E-state index is 0.0613. The second-order valence-corrected chi connectivity index (χ2v) is 5.14. The predicted molar refractivity (Wildman–Crippen MR) is 84.6 cm³/mol. The molecule has 0 aliphatic heterocycles. The molecule has 116 valence electrons. The average molecular weight is 301 g/mol. The van der Waals surface area contributed by atoms with E-state index in [0.717, 1.165) is 16.9 Å². The number of amides is 1. The van der Waals surface area contributed by atoms with Crippen LogP contribution in [-0.4, -0.2) is 13.0 Å². The zero-order chi connectivity index (χ0) is 16.1. The first kappa shape index (κ1) is 16.0. The van der Waals surface area contributed by atoms with Crippen LogP contribution in [0.1, 0.15) is 40.9 Å². The summed E-state index contributed by atoms with van der Waals surface area (Å²) in [5, 5.41) is 2.89. The van der Waals surface area contributed by atoms with E-state index in [1.807, 2.05) is 32.0 Å². The molecule has 0 fully saturated rings. The number of carbonyl (C=O) groups is 1. The third kappa shape index (κ3) is 3.45. The van der Waals surface area contributed by atoms with E-state index >= 15 is 0 Å². The molecule has 0 aliphatic rings. The Bertz CT molecular complexity index is 670. The van der Waals surface area contributed by atoms with Gasteiger partial charge in [0.2, 0.25) is 0 Å². The van der Waals surface area contributed by atoms with Gasteiger partial charge in [0.25, 0.3) is 5.91 Å². The number of benzene rings is 2. The second kappa shape index (κ2) is 7.07. The molecule has 1 N–H and O–H groups in total. The molecule has 1 atom stereocenters. The third-order valence-corrected chi connectivity index (χ3v) is 3.65. The summed E-state index contributed by atoms with van der Waals surface area (Å²) in [6.07, 6.45) is 0.714. The molecule has 2 rings (SSSR count). The van der Waals surface area contributed by atoms with Crippen LogP contribution in [0.15, 0.2) is 42.5 Å². The summed E-state index contributed by atoms with van der Waals surface area (Å²) >= 11 is 0. The molecule has 0 aliphatic carbocycles. The van der Waals surface area contributed by atoms with Gasteiger partial charge in [0.1, 0.15) is 11.6 Å². The Kier molecular flexibility index (Phi) is 5.15. The Morgan fingerprint density at radius 1 is 1.27 bits per heavy atom. The highest BCUT2D eigenvalue weighted by atomic mass is 19.1. The molecule has 0 aromatic heterocycles. The lowest BCUT2D eigenvalue weighted by Gasteiger charge is -2.19. The van der Waals surface area contributed by atoms with Crippen LogP contribution in [0.25, 0.3) is 0 Å². The van der Waals surface area contributed by atoms with E-state index in [1.54, 1.807) is 19.2 Å². The SMILES string of the molecule is CC[C@H](NC(=O)c1ccccc1F)c1ccc(OC)c(C)c1. The highest BCUT2D eigenvalue weighted by Gasteiger charge is 2.17. The summed E-state index contributed by atoms with van der Waals surface area (Å²) in [6.45, 7) is 3.93. The highest BCUT2D eigenvalue weighted by Crippen LogP contribution is 2.24. The first-order valence-electron chi connectivity index (χ1n) is 7.26. The molecule has 3 nitrogen and oxygen atoms in total. The summed E-state index contributed by atoms with van der Waals surface area (Å²) in [5.41, 5.74) is 2.04. The van der Waals surface area contributed by atoms with Crippen molar-refractivity contribution in [2.75, 3.05) is 7.11 Å². The van der Waals surface area contributed by atoms with E-state index in [0.29, 0.717) is 6.42 Å². The van der Waals surface area contributed by atoms with Gasteiger partial charge in [-0.3, -0.25) is 4.79 Å². The van der Waals surface area contributed by atoms with E-state index in [4.69, 9.17) is 4.74 Å². The van der Waals surface area contributed by atoms with E-state index in [9.17, 15) is 9.18 Å². The largest absolute Gasteiger partial charge is 0.496 e. The maximum Gasteiger partial charge on any atom is 0.254 e. The summed E-state index contributed by atoms with van der Waals surface area (Å²) in [5.74, 6) is -0.113. The van der Waals surface area contributed by atoms with Gasteiger partial charge in [-0.15, -0.1) is 0 Å². The third-order valence-electron chi connectivity index (χ3n) is 3.65. The minimum Gasteiger partial charge on any atom is -0.496 e. The fraction of sp³-hybridized carbons (Fsp3) is 0.278. The summed E-state index contributed by atoms with van der Waals surface area (Å²) in [6, 6.07) is 11.6. The minimum atomic E-state index is -0.513. The normalized spacial score (nSPS) is 11.8. The Morgan fingerprint density at radius 2 is 2.00 bits per heavy atom. The molecule has 0 unspecified atom stereocenters. The molecule has 22 heavy (non-hydrogen) atoms. The number of rotatable bonds is 5. The van der Waals surface area contributed by atoms with Crippen molar-refractivity contribution in [2.45, 2.75) is 26.3 Å². The van der Waals surface area contributed by atoms with Gasteiger partial charge in [0.15, 0.2) is 0 Å². The monoisotopic (exact) mass is 301 g/mol. The van der Waals surface area contributed by atoms with Crippen LogP contribution in [-0.2, 0) is 0 Å². The molecule has 0 radical (unpaired) electrons. The van der Waals surface area contributed by atoms with Crippen LogP contribution < -0.4 is 10.1 Å². The number of hydrogen-bond acceptors (Lipinski definition) is 2. The Morgan fingerprint density at radius 3 is 2.59 bits per heavy atom. The van der Waals surface area contributed by atoms with Gasteiger partial charge in [-0.2, -0.15) is 0 Å². The number of aryl methyl sites for hydroxylation is 1. The first-order valence-corrected chi connectivity index (χ1v) is 7.26. The Balaban J connectivity index is 2.21. The maximum absolute atomic E-state index is 13.7. The van der Waals surface area contributed by atoms with Crippen molar-refractivity contribution in [3.63, 3.8) is 0 Å². The van der Waals surface area contributed by atoms with Crippen molar-refractivity contribution in [2.24, 2.45) is 0 Å². The number of nitrogens with one attached hydrogen (secondary N) is 1. The van der Waals surface area contributed by atoms with Gasteiger partial charge in [-0.05, 0) is 42.7 Å². The Labute approximate surface area is 130 Å². The van der Waals surface area contributed by atoms with Crippen LogP contribution >= 0.6 is 0 Å². The zero-order valence-corrected chi connectivity index (χ0v) is 13.0. The molecule has 4 heteroatoms. The van der Waals surface area contributed by atoms with Crippen LogP contribution in [0.2, 0.25) is 0 Å². The smallest absolute Gasteiger partial charge is 0.254 e. The molecule has 0 heterocycles. The number of halogens is 1. The molecule has 0 bridgehead atoms. The van der Waals surface area contributed by atoms with Crippen molar-refractivity contribution in [3.05, 3.63) is 65.0 Å². The molecule has 0 saturated heterocycles. The standard InChI is InChI=1S/C18H20FNO2/c1-4-16(13-9-10-17(22-3)12(2)11-13)20-18(21)14-7-5-6-8-15(14)19/h5-11,16H,4H2,1-3H3,(H,20,21)/t16-/m0/s1. The van der Waals surface area contributed by atoms with E-state index in [2.05, 4.69) is 5.32 Å². The van der Waals surface area contributed by atoms with Gasteiger partial charge < -0.3 is 10.1 Å². The second-order valence-electron chi connectivity index (χ2n) is 5.14. The molecular formula is C18H20FNO2. The summed E-state index contributed by atoms with van der Waals surface area (Å²) in [4.78, 5) is 12.2. The van der Waals surface area contributed by atoms with Crippen molar-refractivity contribution in [1.29, 1.82) is 0 Å². The number of methoxy groups -OCH3 is 1. The lowest BCUT2D eigenvalue weighted by atomic mass is 10.0. The lowest BCUT2D eigenvalue weighted by Crippen LogP contribution is -2.28. The molecule has 0 saturated carbocycles. The quantitative estimate of drug-likeness (QED) is 0.905. The van der Waals surface area contributed by atoms with Gasteiger partial charge in [-0.25, -0.2) is 4.39 Å². The number of hydrogen-bond donors (Lipinski definition) is 1. The Hall–Kier alpha value is -2.36. The fourth-order valence-corrected chi connectivity index (χ4v) is 2.42. The van der Waals surface area contributed by atoms with Crippen molar-refractivity contribution in [3.8, 4) is 5.75 Å².